The zero-order chi connectivity index (χ0) is 19.6. The summed E-state index contributed by atoms with van der Waals surface area (Å²) in [6.07, 6.45) is 3.54. The lowest BCUT2D eigenvalue weighted by Gasteiger charge is -2.01. The van der Waals surface area contributed by atoms with E-state index in [2.05, 4.69) is 11.6 Å². The molecule has 0 aliphatic rings. The number of carbonyl (C=O) groups is 2. The first-order chi connectivity index (χ1) is 13.1. The van der Waals surface area contributed by atoms with Gasteiger partial charge in [0.1, 0.15) is 11.9 Å². The zero-order valence-corrected chi connectivity index (χ0v) is 15.4. The molecule has 2 aromatic rings. The number of ether oxygens (including phenoxy) is 1. The largest absolute Gasteiger partial charge is 0.446 e. The van der Waals surface area contributed by atoms with Crippen LogP contribution in [0.5, 0.6) is 0 Å². The molecular formula is C20H17N3O3S. The summed E-state index contributed by atoms with van der Waals surface area (Å²) >= 11 is 1.30. The summed E-state index contributed by atoms with van der Waals surface area (Å²) in [5, 5.41) is 18.2. The molecule has 0 saturated heterocycles. The van der Waals surface area contributed by atoms with Gasteiger partial charge in [-0.2, -0.15) is 10.5 Å². The van der Waals surface area contributed by atoms with Crippen LogP contribution in [0.3, 0.4) is 0 Å². The van der Waals surface area contributed by atoms with Gasteiger partial charge in [-0.3, -0.25) is 4.79 Å². The van der Waals surface area contributed by atoms with Crippen LogP contribution in [0, 0.1) is 22.7 Å². The van der Waals surface area contributed by atoms with Crippen molar-refractivity contribution in [1.29, 1.82) is 10.5 Å². The monoisotopic (exact) mass is 379 g/mol. The van der Waals surface area contributed by atoms with Crippen molar-refractivity contribution in [3.8, 4) is 22.6 Å². The normalized spacial score (nSPS) is 9.85. The molecule has 0 aliphatic carbocycles. The molecule has 0 N–H and O–H groups in total. The van der Waals surface area contributed by atoms with Crippen LogP contribution in [0.1, 0.15) is 40.3 Å². The second kappa shape index (κ2) is 10.0. The van der Waals surface area contributed by atoms with E-state index in [1.54, 1.807) is 36.4 Å². The van der Waals surface area contributed by atoms with Gasteiger partial charge >= 0.3 is 5.97 Å². The first kappa shape index (κ1) is 20.0. The second-order valence-corrected chi connectivity index (χ2v) is 6.66. The predicted octanol–water partition coefficient (Wildman–Crippen LogP) is 3.83. The fourth-order valence-corrected chi connectivity index (χ4v) is 3.36. The maximum atomic E-state index is 12.3. The Hall–Kier alpha value is -3.29. The highest BCUT2D eigenvalue weighted by Crippen LogP contribution is 2.32. The van der Waals surface area contributed by atoms with Crippen molar-refractivity contribution in [2.75, 3.05) is 6.61 Å². The highest BCUT2D eigenvalue weighted by molar-refractivity contribution is 7.15. The Morgan fingerprint density at radius 3 is 2.59 bits per heavy atom. The van der Waals surface area contributed by atoms with E-state index in [0.717, 1.165) is 5.56 Å². The summed E-state index contributed by atoms with van der Waals surface area (Å²) in [5.74, 6) is -0.574. The number of Topliss-reactive ketones (excluding diaryl/α,β-unsaturated/α-hetero) is 1. The van der Waals surface area contributed by atoms with Crippen LogP contribution < -0.4 is 0 Å². The minimum Gasteiger partial charge on any atom is -0.446 e. The highest BCUT2D eigenvalue weighted by Gasteiger charge is 2.21. The molecule has 136 valence electrons. The molecule has 1 aromatic heterocycles. The van der Waals surface area contributed by atoms with Crippen molar-refractivity contribution in [3.63, 3.8) is 0 Å². The fraction of sp³-hybridized carbons (Fsp3) is 0.250. The topological polar surface area (TPSA) is 104 Å². The maximum absolute atomic E-state index is 12.3. The van der Waals surface area contributed by atoms with Gasteiger partial charge in [0.25, 0.3) is 0 Å². The van der Waals surface area contributed by atoms with E-state index >= 15 is 0 Å². The molecule has 0 spiro atoms. The van der Waals surface area contributed by atoms with Crippen molar-refractivity contribution >= 4 is 23.1 Å². The van der Waals surface area contributed by atoms with Crippen molar-refractivity contribution in [3.05, 3.63) is 53.2 Å². The Morgan fingerprint density at radius 1 is 1.22 bits per heavy atom. The standard InChI is InChI=1S/C20H17N3O3S/c1-2-3-4-16(24)9-10-17-23-18(20(25)26-12-11-21)19(27-17)15-7-5-14(13-22)6-8-15/h2,5-8H,1,3-4,9-10,12H2. The number of thiazole rings is 1. The van der Waals surface area contributed by atoms with E-state index < -0.39 is 5.97 Å². The minimum absolute atomic E-state index is 0.110. The summed E-state index contributed by atoms with van der Waals surface area (Å²) in [6, 6.07) is 10.6. The average Bonchev–Trinajstić information content (AvgIpc) is 3.13. The third kappa shape index (κ3) is 5.60. The van der Waals surface area contributed by atoms with E-state index in [0.29, 0.717) is 41.1 Å². The Balaban J connectivity index is 2.26. The molecular weight excluding hydrogens is 362 g/mol. The lowest BCUT2D eigenvalue weighted by atomic mass is 10.1. The SMILES string of the molecule is C=CCCC(=O)CCc1nc(C(=O)OCC#N)c(-c2ccc(C#N)cc2)s1. The number of benzene rings is 1. The second-order valence-electron chi connectivity index (χ2n) is 5.57. The summed E-state index contributed by atoms with van der Waals surface area (Å²) in [6.45, 7) is 3.24. The third-order valence-corrected chi connectivity index (χ3v) is 4.82. The van der Waals surface area contributed by atoms with Crippen LogP contribution in [-0.2, 0) is 16.0 Å². The molecule has 1 aromatic carbocycles. The summed E-state index contributed by atoms with van der Waals surface area (Å²) < 4.78 is 4.89. The van der Waals surface area contributed by atoms with Crippen molar-refractivity contribution in [1.82, 2.24) is 4.98 Å². The average molecular weight is 379 g/mol. The summed E-state index contributed by atoms with van der Waals surface area (Å²) in [4.78, 5) is 29.0. The van der Waals surface area contributed by atoms with Gasteiger partial charge in [0.2, 0.25) is 0 Å². The summed E-state index contributed by atoms with van der Waals surface area (Å²) in [5.41, 5.74) is 1.35. The molecule has 0 unspecified atom stereocenters. The molecule has 0 saturated carbocycles. The summed E-state index contributed by atoms with van der Waals surface area (Å²) in [7, 11) is 0. The quantitative estimate of drug-likeness (QED) is 0.484. The number of aryl methyl sites for hydroxylation is 1. The van der Waals surface area contributed by atoms with Crippen molar-refractivity contribution < 1.29 is 14.3 Å². The molecule has 0 radical (unpaired) electrons. The Kier molecular flexibility index (Phi) is 7.42. The number of carbonyl (C=O) groups excluding carboxylic acids is 2. The number of nitriles is 2. The first-order valence-electron chi connectivity index (χ1n) is 8.26. The maximum Gasteiger partial charge on any atom is 0.359 e. The van der Waals surface area contributed by atoms with E-state index in [1.165, 1.54) is 11.3 Å². The van der Waals surface area contributed by atoms with Gasteiger partial charge in [-0.05, 0) is 24.1 Å². The van der Waals surface area contributed by atoms with Gasteiger partial charge in [0.15, 0.2) is 12.3 Å². The fourth-order valence-electron chi connectivity index (χ4n) is 2.30. The molecule has 0 amide bonds. The van der Waals surface area contributed by atoms with Crippen LogP contribution >= 0.6 is 11.3 Å². The van der Waals surface area contributed by atoms with Gasteiger partial charge in [0.05, 0.1) is 21.5 Å². The molecule has 2 rings (SSSR count). The molecule has 1 heterocycles. The molecule has 7 heteroatoms. The zero-order valence-electron chi connectivity index (χ0n) is 14.6. The van der Waals surface area contributed by atoms with Crippen molar-refractivity contribution in [2.24, 2.45) is 0 Å². The van der Waals surface area contributed by atoms with Crippen LogP contribution in [0.15, 0.2) is 36.9 Å². The number of rotatable bonds is 9. The third-order valence-electron chi connectivity index (χ3n) is 3.65. The molecule has 0 aliphatic heterocycles. The van der Waals surface area contributed by atoms with Gasteiger partial charge in [-0.1, -0.05) is 18.2 Å². The first-order valence-corrected chi connectivity index (χ1v) is 9.07. The van der Waals surface area contributed by atoms with E-state index in [1.807, 2.05) is 6.07 Å². The molecule has 6 nitrogen and oxygen atoms in total. The number of hydrogen-bond donors (Lipinski definition) is 0. The number of ketones is 1. The molecule has 27 heavy (non-hydrogen) atoms. The Labute approximate surface area is 161 Å². The molecule has 0 fully saturated rings. The van der Waals surface area contributed by atoms with Crippen molar-refractivity contribution in [2.45, 2.75) is 25.7 Å². The van der Waals surface area contributed by atoms with Crippen LogP contribution in [-0.4, -0.2) is 23.3 Å². The number of esters is 1. The number of allylic oxidation sites excluding steroid dienone is 1. The van der Waals surface area contributed by atoms with Crippen LogP contribution in [0.4, 0.5) is 0 Å². The van der Waals surface area contributed by atoms with E-state index in [-0.39, 0.29) is 18.1 Å². The van der Waals surface area contributed by atoms with Gasteiger partial charge < -0.3 is 4.74 Å². The van der Waals surface area contributed by atoms with Crippen LogP contribution in [0.25, 0.3) is 10.4 Å². The van der Waals surface area contributed by atoms with E-state index in [9.17, 15) is 9.59 Å². The van der Waals surface area contributed by atoms with Gasteiger partial charge in [-0.25, -0.2) is 9.78 Å². The Bertz CT molecular complexity index is 917. The van der Waals surface area contributed by atoms with Gasteiger partial charge in [-0.15, -0.1) is 17.9 Å². The lowest BCUT2D eigenvalue weighted by Crippen LogP contribution is -2.07. The number of nitrogens with zero attached hydrogens (tertiary/aromatic N) is 3. The molecule has 0 atom stereocenters. The predicted molar refractivity (Wildman–Crippen MR) is 101 cm³/mol. The van der Waals surface area contributed by atoms with Gasteiger partial charge in [0, 0.05) is 19.3 Å². The Morgan fingerprint density at radius 2 is 1.96 bits per heavy atom. The van der Waals surface area contributed by atoms with Crippen LogP contribution in [0.2, 0.25) is 0 Å². The van der Waals surface area contributed by atoms with E-state index in [4.69, 9.17) is 15.3 Å². The highest BCUT2D eigenvalue weighted by atomic mass is 32.1. The number of aromatic nitrogens is 1. The molecule has 0 bridgehead atoms. The number of hydrogen-bond acceptors (Lipinski definition) is 7. The minimum atomic E-state index is -0.684. The lowest BCUT2D eigenvalue weighted by molar-refractivity contribution is -0.118. The smallest absolute Gasteiger partial charge is 0.359 e.